The van der Waals surface area contributed by atoms with E-state index >= 15 is 0 Å². The largest absolute Gasteiger partial charge is 0.469 e. The first-order chi connectivity index (χ1) is 14.2. The van der Waals surface area contributed by atoms with Gasteiger partial charge in [0.15, 0.2) is 5.69 Å². The lowest BCUT2D eigenvalue weighted by molar-refractivity contribution is -0.551. The van der Waals surface area contributed by atoms with E-state index in [0.29, 0.717) is 35.2 Å². The van der Waals surface area contributed by atoms with Gasteiger partial charge in [0.05, 0.1) is 14.1 Å². The molecule has 1 atom stereocenters. The lowest BCUT2D eigenvalue weighted by atomic mass is 10.1. The number of nitrogens with one attached hydrogen (secondary N) is 1. The summed E-state index contributed by atoms with van der Waals surface area (Å²) in [5.74, 6) is 1.27. The van der Waals surface area contributed by atoms with E-state index in [1.54, 1.807) is 23.1 Å². The highest BCUT2D eigenvalue weighted by atomic mass is 16.3. The fourth-order valence-corrected chi connectivity index (χ4v) is 3.45. The number of aromatic nitrogens is 2. The van der Waals surface area contributed by atoms with Crippen molar-refractivity contribution in [3.05, 3.63) is 91.0 Å². The van der Waals surface area contributed by atoms with Crippen LogP contribution < -0.4 is 9.88 Å². The molecule has 0 radical (unpaired) electrons. The Kier molecular flexibility index (Phi) is 3.71. The smallest absolute Gasteiger partial charge is 0.359 e. The SMILES string of the molecule is [2H]c1ccccc1-c1nc(-c2ccccc2)c[n+]2c1NC(Cc1ccco1)C2=O. The highest BCUT2D eigenvalue weighted by Gasteiger charge is 2.41. The van der Waals surface area contributed by atoms with E-state index < -0.39 is 6.04 Å². The molecular weight excluding hydrogens is 350 g/mol. The number of fused-ring (bicyclic) bond motifs is 1. The van der Waals surface area contributed by atoms with Crippen molar-refractivity contribution in [3.63, 3.8) is 0 Å². The van der Waals surface area contributed by atoms with Crippen molar-refractivity contribution in [3.8, 4) is 22.5 Å². The molecule has 5 nitrogen and oxygen atoms in total. The molecular formula is C23H18N3O2+. The predicted molar refractivity (Wildman–Crippen MR) is 106 cm³/mol. The topological polar surface area (TPSA) is 59.0 Å². The molecule has 1 N–H and O–H groups in total. The van der Waals surface area contributed by atoms with E-state index in [9.17, 15) is 4.79 Å². The van der Waals surface area contributed by atoms with Crippen LogP contribution in [0.5, 0.6) is 0 Å². The molecule has 5 rings (SSSR count). The molecule has 2 aromatic heterocycles. The quantitative estimate of drug-likeness (QED) is 0.553. The zero-order chi connectivity index (χ0) is 19.8. The summed E-state index contributed by atoms with van der Waals surface area (Å²) >= 11 is 0. The van der Waals surface area contributed by atoms with Gasteiger partial charge in [-0.05, 0) is 12.1 Å². The fraction of sp³-hybridized carbons (Fsp3) is 0.0870. The van der Waals surface area contributed by atoms with Crippen LogP contribution in [0.1, 0.15) is 11.9 Å². The van der Waals surface area contributed by atoms with Crippen LogP contribution >= 0.6 is 0 Å². The summed E-state index contributed by atoms with van der Waals surface area (Å²) in [6, 6.07) is 20.6. The molecule has 28 heavy (non-hydrogen) atoms. The average molecular weight is 369 g/mol. The van der Waals surface area contributed by atoms with Crippen molar-refractivity contribution in [2.24, 2.45) is 0 Å². The van der Waals surface area contributed by atoms with E-state index in [-0.39, 0.29) is 5.91 Å². The first-order valence-corrected chi connectivity index (χ1v) is 9.12. The van der Waals surface area contributed by atoms with Crippen LogP contribution in [0.3, 0.4) is 0 Å². The monoisotopic (exact) mass is 369 g/mol. The van der Waals surface area contributed by atoms with Crippen LogP contribution in [0.4, 0.5) is 5.82 Å². The Morgan fingerprint density at radius 3 is 2.57 bits per heavy atom. The van der Waals surface area contributed by atoms with E-state index in [0.717, 1.165) is 11.3 Å². The Morgan fingerprint density at radius 2 is 1.82 bits per heavy atom. The van der Waals surface area contributed by atoms with Gasteiger partial charge in [0.1, 0.15) is 17.7 Å². The van der Waals surface area contributed by atoms with Crippen molar-refractivity contribution in [2.45, 2.75) is 12.5 Å². The van der Waals surface area contributed by atoms with E-state index in [1.807, 2.05) is 60.7 Å². The zero-order valence-electron chi connectivity index (χ0n) is 16.0. The van der Waals surface area contributed by atoms with Crippen molar-refractivity contribution >= 4 is 11.7 Å². The molecule has 0 amide bonds. The van der Waals surface area contributed by atoms with Crippen LogP contribution in [0.2, 0.25) is 0 Å². The van der Waals surface area contributed by atoms with Crippen molar-refractivity contribution in [1.29, 1.82) is 0 Å². The molecule has 1 unspecified atom stereocenters. The van der Waals surface area contributed by atoms with Gasteiger partial charge in [0, 0.05) is 11.1 Å². The zero-order valence-corrected chi connectivity index (χ0v) is 15.0. The molecule has 0 bridgehead atoms. The summed E-state index contributed by atoms with van der Waals surface area (Å²) < 4.78 is 15.4. The van der Waals surface area contributed by atoms with Gasteiger partial charge >= 0.3 is 11.7 Å². The van der Waals surface area contributed by atoms with Crippen LogP contribution in [-0.4, -0.2) is 16.9 Å². The molecule has 1 aliphatic rings. The molecule has 2 aromatic carbocycles. The second kappa shape index (κ2) is 6.78. The van der Waals surface area contributed by atoms with Gasteiger partial charge in [0.2, 0.25) is 6.04 Å². The Hall–Kier alpha value is -3.73. The third kappa shape index (κ3) is 2.87. The number of hydrogen-bond donors (Lipinski definition) is 1. The molecule has 0 aliphatic carbocycles. The molecule has 5 heteroatoms. The second-order valence-electron chi connectivity index (χ2n) is 6.65. The van der Waals surface area contributed by atoms with Crippen LogP contribution in [0.25, 0.3) is 22.5 Å². The van der Waals surface area contributed by atoms with Gasteiger partial charge in [-0.25, -0.2) is 9.78 Å². The number of carbonyl (C=O) groups is 1. The number of hydrogen-bond acceptors (Lipinski definition) is 4. The molecule has 4 aromatic rings. The molecule has 136 valence electrons. The summed E-state index contributed by atoms with van der Waals surface area (Å²) in [7, 11) is 0. The third-order valence-corrected chi connectivity index (χ3v) is 4.81. The van der Waals surface area contributed by atoms with Crippen molar-refractivity contribution in [2.75, 3.05) is 5.32 Å². The van der Waals surface area contributed by atoms with Gasteiger partial charge in [0.25, 0.3) is 0 Å². The predicted octanol–water partition coefficient (Wildman–Crippen LogP) is 3.97. The van der Waals surface area contributed by atoms with Gasteiger partial charge < -0.3 is 4.42 Å². The normalized spacial score (nSPS) is 15.8. The molecule has 1 aliphatic heterocycles. The summed E-state index contributed by atoms with van der Waals surface area (Å²) in [5, 5.41) is 3.30. The average Bonchev–Trinajstić information content (AvgIpc) is 3.37. The number of nitrogens with zero attached hydrogens (tertiary/aromatic N) is 2. The number of anilines is 1. The van der Waals surface area contributed by atoms with E-state index in [2.05, 4.69) is 5.32 Å². The minimum absolute atomic E-state index is 0.0697. The Morgan fingerprint density at radius 1 is 1.04 bits per heavy atom. The Balaban J connectivity index is 1.66. The summed E-state index contributed by atoms with van der Waals surface area (Å²) in [5.41, 5.74) is 2.86. The second-order valence-corrected chi connectivity index (χ2v) is 6.65. The lowest BCUT2D eigenvalue weighted by Crippen LogP contribution is -2.43. The molecule has 0 saturated carbocycles. The maximum Gasteiger partial charge on any atom is 0.359 e. The Bertz CT molecular complexity index is 1190. The summed E-state index contributed by atoms with van der Waals surface area (Å²) in [6.07, 6.45) is 3.81. The molecule has 0 fully saturated rings. The van der Waals surface area contributed by atoms with Crippen LogP contribution in [0, 0.1) is 0 Å². The summed E-state index contributed by atoms with van der Waals surface area (Å²) in [4.78, 5) is 18.0. The Labute approximate surface area is 163 Å². The maximum atomic E-state index is 13.2. The van der Waals surface area contributed by atoms with Gasteiger partial charge in [-0.2, -0.15) is 4.57 Å². The maximum absolute atomic E-state index is 13.2. The van der Waals surface area contributed by atoms with Gasteiger partial charge in [-0.15, -0.1) is 0 Å². The highest BCUT2D eigenvalue weighted by molar-refractivity contribution is 5.86. The number of rotatable bonds is 4. The highest BCUT2D eigenvalue weighted by Crippen LogP contribution is 2.29. The number of benzene rings is 2. The number of furan rings is 1. The molecule has 3 heterocycles. The lowest BCUT2D eigenvalue weighted by Gasteiger charge is -2.06. The van der Waals surface area contributed by atoms with Crippen LogP contribution in [-0.2, 0) is 6.42 Å². The fourth-order valence-electron chi connectivity index (χ4n) is 3.45. The van der Waals surface area contributed by atoms with E-state index in [4.69, 9.17) is 10.8 Å². The molecule has 0 spiro atoms. The minimum Gasteiger partial charge on any atom is -0.469 e. The van der Waals surface area contributed by atoms with Gasteiger partial charge in [-0.1, -0.05) is 60.6 Å². The van der Waals surface area contributed by atoms with E-state index in [1.165, 1.54) is 0 Å². The third-order valence-electron chi connectivity index (χ3n) is 4.81. The number of carbonyl (C=O) groups excluding carboxylic acids is 1. The minimum atomic E-state index is -0.453. The van der Waals surface area contributed by atoms with Crippen LogP contribution in [0.15, 0.2) is 89.6 Å². The first kappa shape index (κ1) is 15.3. The first-order valence-electron chi connectivity index (χ1n) is 9.62. The van der Waals surface area contributed by atoms with Gasteiger partial charge in [-0.3, -0.25) is 5.32 Å². The van der Waals surface area contributed by atoms with Crippen molar-refractivity contribution in [1.82, 2.24) is 4.98 Å². The molecule has 0 saturated heterocycles. The standard InChI is InChI=1S/C23H17N3O2/c27-23-19(14-18-12-7-13-28-18)25-22-21(17-10-5-2-6-11-17)24-20(15-26(22)23)16-8-3-1-4-9-16/h1-13,15,19H,14H2/p+1/i10D. The van der Waals surface area contributed by atoms with Crippen molar-refractivity contribution < 1.29 is 15.1 Å². The summed E-state index contributed by atoms with van der Waals surface area (Å²) in [6.45, 7) is 0.